The molecular formula is C28H25N3O3S. The Labute approximate surface area is 208 Å². The lowest BCUT2D eigenvalue weighted by molar-refractivity contribution is -0.128. The maximum absolute atomic E-state index is 13.0. The van der Waals surface area contributed by atoms with E-state index in [9.17, 15) is 9.59 Å². The van der Waals surface area contributed by atoms with E-state index in [4.69, 9.17) is 9.72 Å². The van der Waals surface area contributed by atoms with Gasteiger partial charge >= 0.3 is 0 Å². The van der Waals surface area contributed by atoms with Gasteiger partial charge in [0.15, 0.2) is 6.10 Å². The molecule has 0 radical (unpaired) electrons. The van der Waals surface area contributed by atoms with Gasteiger partial charge in [-0.3, -0.25) is 14.5 Å². The highest BCUT2D eigenvalue weighted by molar-refractivity contribution is 7.13. The first-order valence-electron chi connectivity index (χ1n) is 11.5. The molecule has 1 aliphatic heterocycles. The number of aromatic nitrogens is 1. The third kappa shape index (κ3) is 5.10. The number of fused-ring (bicyclic) bond motifs is 1. The van der Waals surface area contributed by atoms with Gasteiger partial charge < -0.3 is 10.1 Å². The van der Waals surface area contributed by atoms with Crippen LogP contribution in [0.4, 0.5) is 5.69 Å². The second-order valence-corrected chi connectivity index (χ2v) is 9.21. The van der Waals surface area contributed by atoms with Gasteiger partial charge in [-0.05, 0) is 37.1 Å². The third-order valence-electron chi connectivity index (χ3n) is 5.87. The molecule has 0 aliphatic carbocycles. The van der Waals surface area contributed by atoms with E-state index in [1.165, 1.54) is 4.90 Å². The summed E-state index contributed by atoms with van der Waals surface area (Å²) in [6.45, 7) is 2.14. The molecule has 0 spiro atoms. The number of ether oxygens (including phenoxy) is 1. The highest BCUT2D eigenvalue weighted by Crippen LogP contribution is 2.38. The largest absolute Gasteiger partial charge is 0.479 e. The lowest BCUT2D eigenvalue weighted by Crippen LogP contribution is -2.49. The monoisotopic (exact) mass is 483 g/mol. The fraction of sp³-hybridized carbons (Fsp3) is 0.179. The number of hydrogen-bond acceptors (Lipinski definition) is 5. The van der Waals surface area contributed by atoms with Crippen molar-refractivity contribution < 1.29 is 14.3 Å². The van der Waals surface area contributed by atoms with Crippen molar-refractivity contribution >= 4 is 28.8 Å². The van der Waals surface area contributed by atoms with Crippen LogP contribution < -0.4 is 15.0 Å². The average Bonchev–Trinajstić information content (AvgIpc) is 3.38. The summed E-state index contributed by atoms with van der Waals surface area (Å²) in [4.78, 5) is 32.0. The molecule has 3 aromatic carbocycles. The fourth-order valence-electron chi connectivity index (χ4n) is 4.04. The van der Waals surface area contributed by atoms with E-state index >= 15 is 0 Å². The van der Waals surface area contributed by atoms with Crippen molar-refractivity contribution in [2.24, 2.45) is 0 Å². The summed E-state index contributed by atoms with van der Waals surface area (Å²) in [7, 11) is 0. The highest BCUT2D eigenvalue weighted by atomic mass is 32.1. The zero-order valence-electron chi connectivity index (χ0n) is 19.3. The van der Waals surface area contributed by atoms with Crippen molar-refractivity contribution in [1.82, 2.24) is 10.3 Å². The molecule has 4 aromatic rings. The highest BCUT2D eigenvalue weighted by Gasteiger charge is 2.33. The molecule has 7 heteroatoms. The van der Waals surface area contributed by atoms with Crippen molar-refractivity contribution in [2.75, 3.05) is 18.0 Å². The van der Waals surface area contributed by atoms with Crippen LogP contribution in [0.2, 0.25) is 0 Å². The molecule has 0 fully saturated rings. The lowest BCUT2D eigenvalue weighted by Gasteiger charge is -2.32. The number of thiazole rings is 1. The number of anilines is 1. The van der Waals surface area contributed by atoms with Crippen molar-refractivity contribution in [2.45, 2.75) is 19.4 Å². The van der Waals surface area contributed by atoms with Crippen LogP contribution >= 0.6 is 11.3 Å². The van der Waals surface area contributed by atoms with Crippen LogP contribution in [0, 0.1) is 0 Å². The molecule has 2 heterocycles. The Bertz CT molecular complexity index is 1340. The molecule has 176 valence electrons. The molecule has 1 unspecified atom stereocenters. The summed E-state index contributed by atoms with van der Waals surface area (Å²) in [5.41, 5.74) is 4.47. The molecule has 0 bridgehead atoms. The minimum atomic E-state index is -0.658. The van der Waals surface area contributed by atoms with Crippen molar-refractivity contribution in [1.29, 1.82) is 0 Å². The Morgan fingerprint density at radius 3 is 2.54 bits per heavy atom. The minimum absolute atomic E-state index is 0.0654. The van der Waals surface area contributed by atoms with Crippen molar-refractivity contribution in [3.63, 3.8) is 0 Å². The van der Waals surface area contributed by atoms with E-state index in [0.29, 0.717) is 18.0 Å². The predicted molar refractivity (Wildman–Crippen MR) is 139 cm³/mol. The van der Waals surface area contributed by atoms with Gasteiger partial charge in [-0.2, -0.15) is 0 Å². The van der Waals surface area contributed by atoms with Gasteiger partial charge in [-0.1, -0.05) is 60.7 Å². The molecule has 35 heavy (non-hydrogen) atoms. The maximum atomic E-state index is 13.0. The summed E-state index contributed by atoms with van der Waals surface area (Å²) in [5, 5.41) is 5.85. The smallest absolute Gasteiger partial charge is 0.268 e. The number of nitrogens with one attached hydrogen (secondary N) is 1. The van der Waals surface area contributed by atoms with Crippen LogP contribution in [-0.4, -0.2) is 36.0 Å². The van der Waals surface area contributed by atoms with E-state index in [2.05, 4.69) is 5.32 Å². The molecule has 0 saturated carbocycles. The first-order chi connectivity index (χ1) is 17.1. The van der Waals surface area contributed by atoms with Crippen LogP contribution in [0.25, 0.3) is 21.8 Å². The summed E-state index contributed by atoms with van der Waals surface area (Å²) < 4.78 is 5.82. The molecule has 2 amide bonds. The Hall–Kier alpha value is -3.97. The number of rotatable bonds is 7. The second kappa shape index (κ2) is 10.1. The lowest BCUT2D eigenvalue weighted by atomic mass is 10.1. The average molecular weight is 484 g/mol. The number of carbonyl (C=O) groups is 2. The summed E-state index contributed by atoms with van der Waals surface area (Å²) in [6, 6.07) is 25.6. The first-order valence-corrected chi connectivity index (χ1v) is 12.4. The molecule has 0 saturated heterocycles. The topological polar surface area (TPSA) is 71.5 Å². The molecule has 1 aliphatic rings. The Balaban J connectivity index is 1.34. The summed E-state index contributed by atoms with van der Waals surface area (Å²) >= 11 is 1.57. The number of hydrogen-bond donors (Lipinski definition) is 1. The minimum Gasteiger partial charge on any atom is -0.479 e. The van der Waals surface area contributed by atoms with Crippen LogP contribution in [0.1, 0.15) is 12.5 Å². The van der Waals surface area contributed by atoms with E-state index in [-0.39, 0.29) is 18.4 Å². The quantitative estimate of drug-likeness (QED) is 0.404. The third-order valence-corrected chi connectivity index (χ3v) is 6.76. The molecule has 1 aromatic heterocycles. The Morgan fingerprint density at radius 2 is 1.77 bits per heavy atom. The summed E-state index contributed by atoms with van der Waals surface area (Å²) in [5.74, 6) is 0.132. The van der Waals surface area contributed by atoms with E-state index < -0.39 is 6.10 Å². The van der Waals surface area contributed by atoms with Crippen LogP contribution in [0.15, 0.2) is 84.2 Å². The SMILES string of the molecule is CC1Oc2ccc(-c3csc(-c4ccccc4)n3)cc2N(CC(=O)NCCc2ccccc2)C1=O. The Kier molecular flexibility index (Phi) is 6.59. The van der Waals surface area contributed by atoms with Crippen LogP contribution in [0.5, 0.6) is 5.75 Å². The van der Waals surface area contributed by atoms with Crippen molar-refractivity contribution in [3.8, 4) is 27.6 Å². The molecule has 5 rings (SSSR count). The van der Waals surface area contributed by atoms with Gasteiger partial charge in [-0.25, -0.2) is 4.98 Å². The zero-order valence-corrected chi connectivity index (χ0v) is 20.1. The number of amides is 2. The standard InChI is InChI=1S/C28H25N3O3S/c1-19-28(33)31(17-26(32)29-15-14-20-8-4-2-5-9-20)24-16-22(12-13-25(24)34-19)23-18-35-27(30-23)21-10-6-3-7-11-21/h2-13,16,18-19H,14-15,17H2,1H3,(H,29,32). The fourth-order valence-corrected chi connectivity index (χ4v) is 4.87. The van der Waals surface area contributed by atoms with Gasteiger partial charge in [-0.15, -0.1) is 11.3 Å². The van der Waals surface area contributed by atoms with E-state index in [1.807, 2.05) is 84.2 Å². The van der Waals surface area contributed by atoms with Crippen LogP contribution in [-0.2, 0) is 16.0 Å². The number of carbonyl (C=O) groups excluding carboxylic acids is 2. The van der Waals surface area contributed by atoms with E-state index in [0.717, 1.165) is 33.8 Å². The second-order valence-electron chi connectivity index (χ2n) is 8.36. The Morgan fingerprint density at radius 1 is 1.03 bits per heavy atom. The van der Waals surface area contributed by atoms with Crippen molar-refractivity contribution in [3.05, 3.63) is 89.8 Å². The van der Waals surface area contributed by atoms with Gasteiger partial charge in [0.2, 0.25) is 5.91 Å². The molecular weight excluding hydrogens is 458 g/mol. The van der Waals surface area contributed by atoms with Gasteiger partial charge in [0, 0.05) is 23.1 Å². The molecule has 1 N–H and O–H groups in total. The molecule has 6 nitrogen and oxygen atoms in total. The molecule has 1 atom stereocenters. The van der Waals surface area contributed by atoms with Gasteiger partial charge in [0.1, 0.15) is 17.3 Å². The zero-order chi connectivity index (χ0) is 24.2. The first kappa shape index (κ1) is 22.8. The van der Waals surface area contributed by atoms with E-state index in [1.54, 1.807) is 18.3 Å². The van der Waals surface area contributed by atoms with Gasteiger partial charge in [0.25, 0.3) is 5.91 Å². The van der Waals surface area contributed by atoms with Gasteiger partial charge in [0.05, 0.1) is 11.4 Å². The normalized spacial score (nSPS) is 14.8. The number of benzene rings is 3. The maximum Gasteiger partial charge on any atom is 0.268 e. The summed E-state index contributed by atoms with van der Waals surface area (Å²) in [6.07, 6.45) is 0.0726. The van der Waals surface area contributed by atoms with Crippen LogP contribution in [0.3, 0.4) is 0 Å². The predicted octanol–water partition coefficient (Wildman–Crippen LogP) is 4.95. The number of nitrogens with zero attached hydrogens (tertiary/aromatic N) is 2.